The Morgan fingerprint density at radius 2 is 2.00 bits per heavy atom. The minimum Gasteiger partial charge on any atom is -0.273 e. The average molecular weight is 280 g/mol. The Labute approximate surface area is 124 Å². The molecule has 0 saturated carbocycles. The highest BCUT2D eigenvalue weighted by molar-refractivity contribution is 5.83. The lowest BCUT2D eigenvalue weighted by Crippen LogP contribution is -2.29. The quantitative estimate of drug-likeness (QED) is 0.558. The Bertz CT molecular complexity index is 732. The molecular formula is C17H20N4. The average Bonchev–Trinajstić information content (AvgIpc) is 3.00. The molecule has 0 aliphatic carbocycles. The topological polar surface area (TPSA) is 55.9 Å². The summed E-state index contributed by atoms with van der Waals surface area (Å²) in [7, 11) is 0. The molecule has 1 unspecified atom stereocenters. The van der Waals surface area contributed by atoms with Crippen LogP contribution in [0.4, 0.5) is 0 Å². The molecule has 0 saturated heterocycles. The smallest absolute Gasteiger partial charge is 0.0522 e. The van der Waals surface area contributed by atoms with Gasteiger partial charge in [-0.2, -0.15) is 5.10 Å². The number of hydrogen-bond acceptors (Lipinski definition) is 3. The van der Waals surface area contributed by atoms with Crippen molar-refractivity contribution in [1.29, 1.82) is 0 Å². The zero-order valence-corrected chi connectivity index (χ0v) is 12.2. The van der Waals surface area contributed by atoms with Gasteiger partial charge in [-0.25, -0.2) is 0 Å². The van der Waals surface area contributed by atoms with E-state index in [0.717, 1.165) is 13.0 Å². The first-order valence-electron chi connectivity index (χ1n) is 7.26. The molecule has 0 aliphatic heterocycles. The van der Waals surface area contributed by atoms with Crippen molar-refractivity contribution in [2.24, 2.45) is 5.84 Å². The third-order valence-corrected chi connectivity index (χ3v) is 3.83. The van der Waals surface area contributed by atoms with Crippen LogP contribution in [-0.4, -0.2) is 9.78 Å². The van der Waals surface area contributed by atoms with Crippen molar-refractivity contribution < 1.29 is 0 Å². The molecule has 108 valence electrons. The second kappa shape index (κ2) is 6.08. The van der Waals surface area contributed by atoms with Gasteiger partial charge in [-0.1, -0.05) is 36.4 Å². The molecule has 1 heterocycles. The molecule has 1 aromatic heterocycles. The van der Waals surface area contributed by atoms with Crippen molar-refractivity contribution in [3.05, 3.63) is 66.0 Å². The van der Waals surface area contributed by atoms with E-state index in [0.29, 0.717) is 0 Å². The zero-order chi connectivity index (χ0) is 14.7. The highest BCUT2D eigenvalue weighted by atomic mass is 15.3. The summed E-state index contributed by atoms with van der Waals surface area (Å²) in [6.45, 7) is 2.97. The first kappa shape index (κ1) is 13.8. The Balaban J connectivity index is 1.86. The Morgan fingerprint density at radius 3 is 2.71 bits per heavy atom. The van der Waals surface area contributed by atoms with Gasteiger partial charge in [0.1, 0.15) is 0 Å². The van der Waals surface area contributed by atoms with E-state index in [1.54, 1.807) is 0 Å². The third kappa shape index (κ3) is 2.96. The highest BCUT2D eigenvalue weighted by Gasteiger charge is 2.12. The van der Waals surface area contributed by atoms with Crippen molar-refractivity contribution in [2.45, 2.75) is 25.9 Å². The molecule has 3 rings (SSSR count). The van der Waals surface area contributed by atoms with E-state index in [1.807, 2.05) is 10.9 Å². The fourth-order valence-corrected chi connectivity index (χ4v) is 2.62. The number of aryl methyl sites for hydroxylation is 1. The minimum atomic E-state index is 0.0871. The van der Waals surface area contributed by atoms with Crippen LogP contribution in [0.1, 0.15) is 24.1 Å². The molecule has 21 heavy (non-hydrogen) atoms. The maximum Gasteiger partial charge on any atom is 0.0522 e. The van der Waals surface area contributed by atoms with Gasteiger partial charge in [0, 0.05) is 12.7 Å². The van der Waals surface area contributed by atoms with Gasteiger partial charge in [-0.05, 0) is 41.3 Å². The summed E-state index contributed by atoms with van der Waals surface area (Å²) in [6, 6.07) is 14.9. The molecule has 1 atom stereocenters. The second-order valence-electron chi connectivity index (χ2n) is 5.23. The van der Waals surface area contributed by atoms with Gasteiger partial charge in [0.25, 0.3) is 0 Å². The zero-order valence-electron chi connectivity index (χ0n) is 12.2. The van der Waals surface area contributed by atoms with Crippen LogP contribution in [0, 0.1) is 0 Å². The van der Waals surface area contributed by atoms with Gasteiger partial charge >= 0.3 is 0 Å². The minimum absolute atomic E-state index is 0.0871. The Hall–Kier alpha value is -2.17. The Kier molecular flexibility index (Phi) is 3.99. The lowest BCUT2D eigenvalue weighted by Gasteiger charge is -2.16. The standard InChI is InChI=1S/C17H20N4/c1-2-21-12-13(11-19-21)9-17(20-18)16-8-7-14-5-3-4-6-15(14)10-16/h3-8,10-12,17,20H,2,9,18H2,1H3. The third-order valence-electron chi connectivity index (χ3n) is 3.83. The van der Waals surface area contributed by atoms with E-state index in [-0.39, 0.29) is 6.04 Å². The number of rotatable bonds is 5. The molecule has 3 N–H and O–H groups in total. The van der Waals surface area contributed by atoms with Crippen LogP contribution in [0.2, 0.25) is 0 Å². The van der Waals surface area contributed by atoms with Crippen LogP contribution in [0.3, 0.4) is 0 Å². The fraction of sp³-hybridized carbons (Fsp3) is 0.235. The maximum absolute atomic E-state index is 5.76. The molecule has 0 radical (unpaired) electrons. The van der Waals surface area contributed by atoms with Gasteiger partial charge in [0.15, 0.2) is 0 Å². The number of nitrogens with one attached hydrogen (secondary N) is 1. The SMILES string of the molecule is CCn1cc(CC(NN)c2ccc3ccccc3c2)cn1. The lowest BCUT2D eigenvalue weighted by atomic mass is 9.98. The van der Waals surface area contributed by atoms with Crippen LogP contribution in [0.5, 0.6) is 0 Å². The van der Waals surface area contributed by atoms with E-state index >= 15 is 0 Å². The van der Waals surface area contributed by atoms with E-state index in [1.165, 1.54) is 21.9 Å². The summed E-state index contributed by atoms with van der Waals surface area (Å²) < 4.78 is 1.93. The first-order valence-corrected chi connectivity index (χ1v) is 7.26. The number of benzene rings is 2. The monoisotopic (exact) mass is 280 g/mol. The predicted octanol–water partition coefficient (Wildman–Crippen LogP) is 2.80. The predicted molar refractivity (Wildman–Crippen MR) is 85.6 cm³/mol. The van der Waals surface area contributed by atoms with Crippen molar-refractivity contribution >= 4 is 10.8 Å². The van der Waals surface area contributed by atoms with Gasteiger partial charge < -0.3 is 0 Å². The second-order valence-corrected chi connectivity index (χ2v) is 5.23. The molecule has 0 amide bonds. The number of fused-ring (bicyclic) bond motifs is 1. The number of nitrogens with zero attached hydrogens (tertiary/aromatic N) is 2. The largest absolute Gasteiger partial charge is 0.273 e. The van der Waals surface area contributed by atoms with Gasteiger partial charge in [0.05, 0.1) is 12.2 Å². The molecule has 0 fully saturated rings. The first-order chi connectivity index (χ1) is 10.3. The van der Waals surface area contributed by atoms with Gasteiger partial charge in [-0.3, -0.25) is 16.0 Å². The number of hydrazine groups is 1. The molecule has 0 aliphatic rings. The molecule has 3 aromatic rings. The van der Waals surface area contributed by atoms with Crippen molar-refractivity contribution in [2.75, 3.05) is 0 Å². The van der Waals surface area contributed by atoms with E-state index in [2.05, 4.69) is 66.1 Å². The summed E-state index contributed by atoms with van der Waals surface area (Å²) in [6.07, 6.45) is 4.81. The lowest BCUT2D eigenvalue weighted by molar-refractivity contribution is 0.552. The number of hydrogen-bond donors (Lipinski definition) is 2. The summed E-state index contributed by atoms with van der Waals surface area (Å²) in [5.74, 6) is 5.76. The molecule has 0 spiro atoms. The molecule has 0 bridgehead atoms. The maximum atomic E-state index is 5.76. The molecule has 4 heteroatoms. The van der Waals surface area contributed by atoms with Crippen molar-refractivity contribution in [3.8, 4) is 0 Å². The summed E-state index contributed by atoms with van der Waals surface area (Å²) in [5, 5.41) is 6.80. The number of aromatic nitrogens is 2. The Morgan fingerprint density at radius 1 is 1.19 bits per heavy atom. The normalized spacial score (nSPS) is 12.7. The molecule has 4 nitrogen and oxygen atoms in total. The summed E-state index contributed by atoms with van der Waals surface area (Å²) >= 11 is 0. The van der Waals surface area contributed by atoms with Crippen LogP contribution >= 0.6 is 0 Å². The highest BCUT2D eigenvalue weighted by Crippen LogP contribution is 2.22. The summed E-state index contributed by atoms with van der Waals surface area (Å²) in [4.78, 5) is 0. The summed E-state index contributed by atoms with van der Waals surface area (Å²) in [5.41, 5.74) is 5.30. The van der Waals surface area contributed by atoms with E-state index in [9.17, 15) is 0 Å². The fourth-order valence-electron chi connectivity index (χ4n) is 2.62. The molecular weight excluding hydrogens is 260 g/mol. The number of nitrogens with two attached hydrogens (primary N) is 1. The van der Waals surface area contributed by atoms with Gasteiger partial charge in [0.2, 0.25) is 0 Å². The van der Waals surface area contributed by atoms with Crippen molar-refractivity contribution in [3.63, 3.8) is 0 Å². The van der Waals surface area contributed by atoms with Crippen molar-refractivity contribution in [1.82, 2.24) is 15.2 Å². The van der Waals surface area contributed by atoms with E-state index < -0.39 is 0 Å². The molecule has 2 aromatic carbocycles. The van der Waals surface area contributed by atoms with Gasteiger partial charge in [-0.15, -0.1) is 0 Å². The van der Waals surface area contributed by atoms with Crippen LogP contribution in [-0.2, 0) is 13.0 Å². The van der Waals surface area contributed by atoms with E-state index in [4.69, 9.17) is 5.84 Å². The van der Waals surface area contributed by atoms with Crippen LogP contribution < -0.4 is 11.3 Å². The van der Waals surface area contributed by atoms with Crippen LogP contribution in [0.15, 0.2) is 54.9 Å². The van der Waals surface area contributed by atoms with Crippen LogP contribution in [0.25, 0.3) is 10.8 Å².